The van der Waals surface area contributed by atoms with Gasteiger partial charge in [-0.15, -0.1) is 0 Å². The highest BCUT2D eigenvalue weighted by atomic mass is 16.5. The van der Waals surface area contributed by atoms with Crippen molar-refractivity contribution in [1.29, 1.82) is 0 Å². The van der Waals surface area contributed by atoms with Crippen LogP contribution in [0.1, 0.15) is 70.6 Å². The van der Waals surface area contributed by atoms with Gasteiger partial charge >= 0.3 is 0 Å². The van der Waals surface area contributed by atoms with Crippen LogP contribution in [0, 0.1) is 5.92 Å². The van der Waals surface area contributed by atoms with E-state index in [0.29, 0.717) is 24.5 Å². The number of aryl methyl sites for hydroxylation is 2. The molecule has 4 N–H and O–H groups in total. The fraction of sp³-hybridized carbons (Fsp3) is 0.536. The fourth-order valence-corrected chi connectivity index (χ4v) is 4.41. The van der Waals surface area contributed by atoms with Gasteiger partial charge in [0, 0.05) is 36.3 Å². The Balaban J connectivity index is 1.58. The van der Waals surface area contributed by atoms with Gasteiger partial charge < -0.3 is 29.6 Å². The highest BCUT2D eigenvalue weighted by Gasteiger charge is 2.16. The van der Waals surface area contributed by atoms with E-state index in [1.807, 2.05) is 19.3 Å². The second kappa shape index (κ2) is 12.8. The molecular weight excluding hydrogens is 444 g/mol. The fourth-order valence-electron chi connectivity index (χ4n) is 4.41. The van der Waals surface area contributed by atoms with Crippen LogP contribution >= 0.6 is 0 Å². The third-order valence-electron chi connectivity index (χ3n) is 6.39. The summed E-state index contributed by atoms with van der Waals surface area (Å²) < 4.78 is 8.07. The monoisotopic (exact) mass is 484 g/mol. The third kappa shape index (κ3) is 7.87. The molecule has 2 aromatic heterocycles. The molecule has 0 fully saturated rings. The molecule has 192 valence electrons. The molecular formula is C28H40N2O5. The zero-order chi connectivity index (χ0) is 25.4. The van der Waals surface area contributed by atoms with Crippen LogP contribution in [0.4, 0.5) is 0 Å². The Kier molecular flexibility index (Phi) is 9.81. The van der Waals surface area contributed by atoms with Gasteiger partial charge in [0.15, 0.2) is 18.2 Å². The Bertz CT molecular complexity index is 1080. The summed E-state index contributed by atoms with van der Waals surface area (Å²) in [6, 6.07) is 7.22. The Labute approximate surface area is 207 Å². The van der Waals surface area contributed by atoms with Gasteiger partial charge in [0.1, 0.15) is 5.78 Å². The lowest BCUT2D eigenvalue weighted by atomic mass is 10.00. The number of ketones is 1. The van der Waals surface area contributed by atoms with Crippen molar-refractivity contribution in [1.82, 2.24) is 9.55 Å². The standard InChI is InChI=1S/C28H40N2O5/c1-4-5-21(31)15-23(33)16-22(32)9-7-20-8-11-27(34)28(14-20)35-18-30-17-25-24(12-13-29-25)26(30)10-6-19(2)3/h8,11-14,17,19,21,23,29,31,33-34H,4-7,9-10,15-16,18H2,1-3H3/t21-,23+/m0/s1. The van der Waals surface area contributed by atoms with Crippen molar-refractivity contribution in [2.24, 2.45) is 5.92 Å². The van der Waals surface area contributed by atoms with Crippen LogP contribution in [-0.2, 0) is 24.4 Å². The van der Waals surface area contributed by atoms with Crippen molar-refractivity contribution >= 4 is 16.7 Å². The number of carbonyl (C=O) groups is 1. The van der Waals surface area contributed by atoms with Crippen LogP contribution in [0.15, 0.2) is 36.7 Å². The lowest BCUT2D eigenvalue weighted by molar-refractivity contribution is -0.121. The lowest BCUT2D eigenvalue weighted by Gasteiger charge is -2.15. The summed E-state index contributed by atoms with van der Waals surface area (Å²) in [6.45, 7) is 6.67. The first kappa shape index (κ1) is 26.8. The van der Waals surface area contributed by atoms with Gasteiger partial charge in [0.2, 0.25) is 0 Å². The van der Waals surface area contributed by atoms with Crippen molar-refractivity contribution in [2.75, 3.05) is 0 Å². The van der Waals surface area contributed by atoms with Crippen molar-refractivity contribution in [3.8, 4) is 11.5 Å². The van der Waals surface area contributed by atoms with Crippen molar-refractivity contribution in [3.05, 3.63) is 47.9 Å². The second-order valence-electron chi connectivity index (χ2n) is 9.93. The van der Waals surface area contributed by atoms with Gasteiger partial charge in [0.05, 0.1) is 17.7 Å². The number of rotatable bonds is 15. The van der Waals surface area contributed by atoms with Gasteiger partial charge in [-0.1, -0.05) is 33.3 Å². The van der Waals surface area contributed by atoms with Crippen LogP contribution in [0.5, 0.6) is 11.5 Å². The van der Waals surface area contributed by atoms with Crippen LogP contribution in [0.3, 0.4) is 0 Å². The predicted octanol–water partition coefficient (Wildman–Crippen LogP) is 5.10. The summed E-state index contributed by atoms with van der Waals surface area (Å²) in [5, 5.41) is 31.4. The summed E-state index contributed by atoms with van der Waals surface area (Å²) in [4.78, 5) is 15.6. The molecule has 1 aromatic carbocycles. The van der Waals surface area contributed by atoms with Crippen LogP contribution in [0.25, 0.3) is 10.9 Å². The van der Waals surface area contributed by atoms with E-state index < -0.39 is 12.2 Å². The second-order valence-corrected chi connectivity index (χ2v) is 9.93. The Morgan fingerprint density at radius 3 is 2.66 bits per heavy atom. The first-order chi connectivity index (χ1) is 16.8. The molecule has 7 heteroatoms. The molecule has 7 nitrogen and oxygen atoms in total. The van der Waals surface area contributed by atoms with Gasteiger partial charge in [-0.05, 0) is 61.8 Å². The maximum absolute atomic E-state index is 12.3. The number of Topliss-reactive ketones (excluding diaryl/α,β-unsaturated/α-hetero) is 1. The average molecular weight is 485 g/mol. The van der Waals surface area contributed by atoms with Crippen LogP contribution < -0.4 is 4.74 Å². The summed E-state index contributed by atoms with van der Waals surface area (Å²) in [7, 11) is 0. The molecule has 0 amide bonds. The molecule has 3 aromatic rings. The normalized spacial score (nSPS) is 13.4. The average Bonchev–Trinajstić information content (AvgIpc) is 3.37. The number of nitrogens with one attached hydrogen (secondary N) is 1. The number of hydrogen-bond acceptors (Lipinski definition) is 5. The predicted molar refractivity (Wildman–Crippen MR) is 138 cm³/mol. The van der Waals surface area contributed by atoms with Gasteiger partial charge in [-0.25, -0.2) is 0 Å². The number of phenols is 1. The van der Waals surface area contributed by atoms with E-state index in [2.05, 4.69) is 29.5 Å². The van der Waals surface area contributed by atoms with Crippen molar-refractivity contribution in [2.45, 2.75) is 91.1 Å². The molecule has 0 saturated heterocycles. The number of fused-ring (bicyclic) bond motifs is 1. The number of carbonyl (C=O) groups excluding carboxylic acids is 1. The van der Waals surface area contributed by atoms with Crippen LogP contribution in [0.2, 0.25) is 0 Å². The molecule has 35 heavy (non-hydrogen) atoms. The number of benzene rings is 1. The quantitative estimate of drug-likeness (QED) is 0.240. The number of ether oxygens (including phenoxy) is 1. The maximum Gasteiger partial charge on any atom is 0.165 e. The number of phenolic OH excluding ortho intramolecular Hbond substituents is 1. The minimum atomic E-state index is -0.819. The van der Waals surface area contributed by atoms with Crippen LogP contribution in [-0.4, -0.2) is 42.9 Å². The first-order valence-electron chi connectivity index (χ1n) is 12.7. The van der Waals surface area contributed by atoms with E-state index in [0.717, 1.165) is 30.3 Å². The zero-order valence-corrected chi connectivity index (χ0v) is 21.2. The summed E-state index contributed by atoms with van der Waals surface area (Å²) in [6.07, 6.45) is 7.12. The number of aliphatic hydroxyl groups is 2. The number of aromatic hydroxyl groups is 1. The van der Waals surface area contributed by atoms with E-state index in [9.17, 15) is 20.1 Å². The molecule has 0 radical (unpaired) electrons. The topological polar surface area (TPSA) is 108 Å². The van der Waals surface area contributed by atoms with Crippen molar-refractivity contribution in [3.63, 3.8) is 0 Å². The molecule has 3 rings (SSSR count). The molecule has 0 saturated carbocycles. The highest BCUT2D eigenvalue weighted by Crippen LogP contribution is 2.29. The van der Waals surface area contributed by atoms with Crippen molar-refractivity contribution < 1.29 is 24.9 Å². The smallest absolute Gasteiger partial charge is 0.165 e. The van der Waals surface area contributed by atoms with E-state index >= 15 is 0 Å². The van der Waals surface area contributed by atoms with Gasteiger partial charge in [-0.2, -0.15) is 0 Å². The van der Waals surface area contributed by atoms with E-state index in [1.54, 1.807) is 18.2 Å². The molecule has 2 atom stereocenters. The minimum absolute atomic E-state index is 0.0438. The van der Waals surface area contributed by atoms with Gasteiger partial charge in [-0.3, -0.25) is 4.79 Å². The molecule has 2 heterocycles. The Morgan fingerprint density at radius 1 is 1.11 bits per heavy atom. The maximum atomic E-state index is 12.3. The lowest BCUT2D eigenvalue weighted by Crippen LogP contribution is -2.20. The third-order valence-corrected chi connectivity index (χ3v) is 6.39. The molecule has 0 aliphatic heterocycles. The highest BCUT2D eigenvalue weighted by molar-refractivity contribution is 5.82. The van der Waals surface area contributed by atoms with E-state index in [1.165, 1.54) is 11.1 Å². The van der Waals surface area contributed by atoms with E-state index in [4.69, 9.17) is 4.74 Å². The number of aromatic nitrogens is 2. The largest absolute Gasteiger partial charge is 0.504 e. The summed E-state index contributed by atoms with van der Waals surface area (Å²) in [5.41, 5.74) is 3.15. The number of H-pyrrole nitrogens is 1. The first-order valence-corrected chi connectivity index (χ1v) is 12.7. The molecule has 0 unspecified atom stereocenters. The minimum Gasteiger partial charge on any atom is -0.504 e. The molecule has 0 spiro atoms. The zero-order valence-electron chi connectivity index (χ0n) is 21.2. The number of aliphatic hydroxyl groups excluding tert-OH is 2. The summed E-state index contributed by atoms with van der Waals surface area (Å²) in [5.74, 6) is 0.986. The van der Waals surface area contributed by atoms with Gasteiger partial charge in [0.25, 0.3) is 0 Å². The summed E-state index contributed by atoms with van der Waals surface area (Å²) >= 11 is 0. The Morgan fingerprint density at radius 2 is 1.91 bits per heavy atom. The number of nitrogens with zero attached hydrogens (tertiary/aromatic N) is 1. The number of hydrogen-bond donors (Lipinski definition) is 4. The molecule has 0 bridgehead atoms. The molecule has 0 aliphatic rings. The number of aromatic amines is 1. The Hall–Kier alpha value is -2.77. The SMILES string of the molecule is CCC[C@H](O)C[C@@H](O)CC(=O)CCc1ccc(O)c(OCn2cc3[nH]ccc3c2CCC(C)C)c1. The van der Waals surface area contributed by atoms with E-state index in [-0.39, 0.29) is 37.5 Å². The molecule has 0 aliphatic carbocycles.